The van der Waals surface area contributed by atoms with Crippen molar-refractivity contribution in [1.29, 1.82) is 0 Å². The number of anilines is 1. The highest BCUT2D eigenvalue weighted by atomic mass is 16.5. The number of hydrogen-bond donors (Lipinski definition) is 1. The summed E-state index contributed by atoms with van der Waals surface area (Å²) in [5.41, 5.74) is 4.73. The smallest absolute Gasteiger partial charge is 0.222 e. The van der Waals surface area contributed by atoms with Gasteiger partial charge >= 0.3 is 0 Å². The van der Waals surface area contributed by atoms with Crippen molar-refractivity contribution >= 4 is 23.6 Å². The van der Waals surface area contributed by atoms with Crippen molar-refractivity contribution in [3.8, 4) is 5.75 Å². The van der Waals surface area contributed by atoms with Crippen LogP contribution in [-0.4, -0.2) is 23.8 Å². The molecule has 0 saturated heterocycles. The van der Waals surface area contributed by atoms with Crippen molar-refractivity contribution in [2.45, 2.75) is 44.4 Å². The average molecular weight is 402 g/mol. The first-order valence-corrected chi connectivity index (χ1v) is 10.3. The number of hydrogen-bond acceptors (Lipinski definition) is 4. The minimum absolute atomic E-state index is 0.131. The number of fused-ring (bicyclic) bond motifs is 3. The number of ketones is 1. The Morgan fingerprint density at radius 2 is 2.10 bits per heavy atom. The number of rotatable bonds is 5. The SMILES string of the molecule is COc1ccc2c(c1)CCC1=CC(=O)CC[C@]12C/C=C/c1ccc(NC(C)=O)nc1. The van der Waals surface area contributed by atoms with Crippen molar-refractivity contribution in [3.05, 3.63) is 70.9 Å². The number of pyridine rings is 1. The normalized spacial score (nSPS) is 20.3. The molecule has 0 bridgehead atoms. The molecule has 0 fully saturated rings. The highest BCUT2D eigenvalue weighted by molar-refractivity contribution is 5.92. The summed E-state index contributed by atoms with van der Waals surface area (Å²) in [7, 11) is 1.69. The van der Waals surface area contributed by atoms with E-state index in [2.05, 4.69) is 34.6 Å². The van der Waals surface area contributed by atoms with Gasteiger partial charge in [0, 0.05) is 25.0 Å². The van der Waals surface area contributed by atoms with Gasteiger partial charge in [0.1, 0.15) is 11.6 Å². The molecule has 0 saturated carbocycles. The quantitative estimate of drug-likeness (QED) is 0.792. The van der Waals surface area contributed by atoms with Crippen molar-refractivity contribution < 1.29 is 14.3 Å². The Balaban J connectivity index is 1.62. The molecule has 4 rings (SSSR count). The molecule has 0 spiro atoms. The number of ether oxygens (including phenoxy) is 1. The van der Waals surface area contributed by atoms with E-state index >= 15 is 0 Å². The van der Waals surface area contributed by atoms with Gasteiger partial charge in [0.05, 0.1) is 7.11 Å². The number of carbonyl (C=O) groups is 2. The zero-order valence-corrected chi connectivity index (χ0v) is 17.4. The maximum Gasteiger partial charge on any atom is 0.222 e. The van der Waals surface area contributed by atoms with Gasteiger partial charge in [-0.05, 0) is 72.7 Å². The number of amides is 1. The van der Waals surface area contributed by atoms with Gasteiger partial charge in [-0.1, -0.05) is 23.8 Å². The number of methoxy groups -OCH3 is 1. The van der Waals surface area contributed by atoms with Crippen LogP contribution >= 0.6 is 0 Å². The summed E-state index contributed by atoms with van der Waals surface area (Å²) in [5, 5.41) is 2.68. The topological polar surface area (TPSA) is 68.3 Å². The third-order valence-corrected chi connectivity index (χ3v) is 6.11. The average Bonchev–Trinajstić information content (AvgIpc) is 2.74. The lowest BCUT2D eigenvalue weighted by Gasteiger charge is -2.43. The van der Waals surface area contributed by atoms with E-state index < -0.39 is 0 Å². The molecule has 1 atom stereocenters. The maximum absolute atomic E-state index is 12.1. The van der Waals surface area contributed by atoms with Crippen LogP contribution in [0.2, 0.25) is 0 Å². The Labute approximate surface area is 176 Å². The van der Waals surface area contributed by atoms with Crippen LogP contribution in [0.4, 0.5) is 5.82 Å². The Morgan fingerprint density at radius 1 is 1.23 bits per heavy atom. The van der Waals surface area contributed by atoms with Gasteiger partial charge in [-0.25, -0.2) is 4.98 Å². The fourth-order valence-corrected chi connectivity index (χ4v) is 4.66. The summed E-state index contributed by atoms with van der Waals surface area (Å²) >= 11 is 0. The molecule has 1 N–H and O–H groups in total. The Bertz CT molecular complexity index is 1040. The molecule has 2 aliphatic carbocycles. The number of nitrogens with one attached hydrogen (secondary N) is 1. The molecule has 0 aliphatic heterocycles. The van der Waals surface area contributed by atoms with Crippen molar-refractivity contribution in [3.63, 3.8) is 0 Å². The molecule has 2 aromatic rings. The van der Waals surface area contributed by atoms with E-state index in [9.17, 15) is 9.59 Å². The summed E-state index contributed by atoms with van der Waals surface area (Å²) in [4.78, 5) is 27.5. The predicted molar refractivity (Wildman–Crippen MR) is 118 cm³/mol. The van der Waals surface area contributed by atoms with Crippen molar-refractivity contribution in [2.24, 2.45) is 0 Å². The van der Waals surface area contributed by atoms with E-state index in [0.29, 0.717) is 12.2 Å². The van der Waals surface area contributed by atoms with Crippen LogP contribution in [0.25, 0.3) is 6.08 Å². The van der Waals surface area contributed by atoms with Crippen LogP contribution in [0, 0.1) is 0 Å². The molecule has 1 aromatic carbocycles. The van der Waals surface area contributed by atoms with Gasteiger partial charge in [-0.15, -0.1) is 0 Å². The zero-order chi connectivity index (χ0) is 21.1. The van der Waals surface area contributed by atoms with E-state index in [-0.39, 0.29) is 17.1 Å². The summed E-state index contributed by atoms with van der Waals surface area (Å²) in [6, 6.07) is 10.1. The molecule has 1 amide bonds. The Morgan fingerprint density at radius 3 is 2.83 bits per heavy atom. The van der Waals surface area contributed by atoms with Gasteiger partial charge in [-0.2, -0.15) is 0 Å². The fraction of sp³-hybridized carbons (Fsp3) is 0.320. The number of nitrogens with zero attached hydrogens (tertiary/aromatic N) is 1. The minimum Gasteiger partial charge on any atom is -0.497 e. The molecule has 30 heavy (non-hydrogen) atoms. The second kappa shape index (κ2) is 8.27. The highest BCUT2D eigenvalue weighted by Gasteiger charge is 2.42. The lowest BCUT2D eigenvalue weighted by molar-refractivity contribution is -0.115. The van der Waals surface area contributed by atoms with Crippen LogP contribution in [0.3, 0.4) is 0 Å². The molecule has 1 aromatic heterocycles. The first-order chi connectivity index (χ1) is 14.5. The predicted octanol–water partition coefficient (Wildman–Crippen LogP) is 4.63. The van der Waals surface area contributed by atoms with E-state index in [4.69, 9.17) is 4.74 Å². The number of allylic oxidation sites excluding steroid dienone is 3. The number of aromatic nitrogens is 1. The Hall–Kier alpha value is -3.21. The largest absolute Gasteiger partial charge is 0.497 e. The summed E-state index contributed by atoms with van der Waals surface area (Å²) < 4.78 is 5.42. The van der Waals surface area contributed by atoms with Gasteiger partial charge in [0.15, 0.2) is 5.78 Å². The lowest BCUT2D eigenvalue weighted by atomic mass is 9.60. The minimum atomic E-state index is -0.136. The van der Waals surface area contributed by atoms with E-state index in [0.717, 1.165) is 37.0 Å². The summed E-state index contributed by atoms with van der Waals surface area (Å²) in [6.45, 7) is 1.46. The molecular weight excluding hydrogens is 376 g/mol. The number of benzene rings is 1. The first kappa shape index (κ1) is 20.1. The monoisotopic (exact) mass is 402 g/mol. The third-order valence-electron chi connectivity index (χ3n) is 6.11. The third kappa shape index (κ3) is 3.92. The van der Waals surface area contributed by atoms with Crippen LogP contribution in [-0.2, 0) is 21.4 Å². The highest BCUT2D eigenvalue weighted by Crippen LogP contribution is 2.50. The van der Waals surface area contributed by atoms with Crippen molar-refractivity contribution in [1.82, 2.24) is 4.98 Å². The van der Waals surface area contributed by atoms with Gasteiger partial charge in [0.2, 0.25) is 5.91 Å². The van der Waals surface area contributed by atoms with E-state index in [1.54, 1.807) is 19.4 Å². The second-order valence-corrected chi connectivity index (χ2v) is 8.01. The molecular formula is C25H26N2O3. The van der Waals surface area contributed by atoms with Gasteiger partial charge in [-0.3, -0.25) is 9.59 Å². The summed E-state index contributed by atoms with van der Waals surface area (Å²) in [5.74, 6) is 1.52. The van der Waals surface area contributed by atoms with E-state index in [1.807, 2.05) is 18.2 Å². The lowest BCUT2D eigenvalue weighted by Crippen LogP contribution is -2.36. The molecule has 1 heterocycles. The first-order valence-electron chi connectivity index (χ1n) is 10.3. The standard InChI is InChI=1S/C25H26N2O3/c1-17(28)27-24-10-5-18(16-26-24)4-3-12-25-13-11-21(29)15-20(25)7-6-19-14-22(30-2)8-9-23(19)25/h3-5,8-10,14-16H,6-7,11-13H2,1-2H3,(H,26,27,28)/b4-3+/t25-/m1/s1. The second-order valence-electron chi connectivity index (χ2n) is 8.01. The molecule has 0 unspecified atom stereocenters. The zero-order valence-electron chi connectivity index (χ0n) is 17.4. The molecule has 154 valence electrons. The van der Waals surface area contributed by atoms with Crippen molar-refractivity contribution in [2.75, 3.05) is 12.4 Å². The number of aryl methyl sites for hydroxylation is 1. The van der Waals surface area contributed by atoms with Gasteiger partial charge in [0.25, 0.3) is 0 Å². The van der Waals surface area contributed by atoms with Crippen LogP contribution < -0.4 is 10.1 Å². The molecule has 0 radical (unpaired) electrons. The Kier molecular flexibility index (Phi) is 5.53. The molecule has 2 aliphatic rings. The van der Waals surface area contributed by atoms with Crippen LogP contribution in [0.5, 0.6) is 5.75 Å². The fourth-order valence-electron chi connectivity index (χ4n) is 4.66. The molecule has 5 heteroatoms. The van der Waals surface area contributed by atoms with E-state index in [1.165, 1.54) is 23.6 Å². The van der Waals surface area contributed by atoms with Crippen LogP contribution in [0.15, 0.2) is 54.3 Å². The van der Waals surface area contributed by atoms with Gasteiger partial charge < -0.3 is 10.1 Å². The molecule has 5 nitrogen and oxygen atoms in total. The maximum atomic E-state index is 12.1. The van der Waals surface area contributed by atoms with Crippen LogP contribution in [0.1, 0.15) is 49.3 Å². The summed E-state index contributed by atoms with van der Waals surface area (Å²) in [6.07, 6.45) is 12.0. The number of carbonyl (C=O) groups excluding carboxylic acids is 2.